The molecule has 2 amide bonds. The number of carbonyl (C=O) groups is 2. The average Bonchev–Trinajstić information content (AvgIpc) is 3.29. The minimum Gasteiger partial charge on any atom is -0.450 e. The zero-order valence-corrected chi connectivity index (χ0v) is 19.9. The first-order valence-corrected chi connectivity index (χ1v) is 11.8. The van der Waals surface area contributed by atoms with Crippen LogP contribution >= 0.6 is 0 Å². The Morgan fingerprint density at radius 1 is 1.03 bits per heavy atom. The summed E-state index contributed by atoms with van der Waals surface area (Å²) in [7, 11) is 0. The fraction of sp³-hybridized carbons (Fsp3) is 0.440. The molecular formula is C25H31N5O4. The van der Waals surface area contributed by atoms with Crippen LogP contribution in [0.15, 0.2) is 47.5 Å². The van der Waals surface area contributed by atoms with Crippen molar-refractivity contribution >= 4 is 17.5 Å². The molecule has 9 heteroatoms. The maximum Gasteiger partial charge on any atom is 0.409 e. The van der Waals surface area contributed by atoms with E-state index in [0.717, 1.165) is 11.3 Å². The van der Waals surface area contributed by atoms with E-state index in [1.165, 1.54) is 5.56 Å². The monoisotopic (exact) mass is 465 g/mol. The summed E-state index contributed by atoms with van der Waals surface area (Å²) < 4.78 is 8.15. The van der Waals surface area contributed by atoms with Crippen LogP contribution in [-0.4, -0.2) is 68.8 Å². The Morgan fingerprint density at radius 3 is 2.35 bits per heavy atom. The van der Waals surface area contributed by atoms with Gasteiger partial charge in [-0.25, -0.2) is 9.31 Å². The molecule has 9 nitrogen and oxygen atoms in total. The summed E-state index contributed by atoms with van der Waals surface area (Å²) in [5.74, 6) is 0.418. The molecule has 0 unspecified atom stereocenters. The number of hydrogen-bond donors (Lipinski definition) is 0. The van der Waals surface area contributed by atoms with Crippen LogP contribution in [0.5, 0.6) is 0 Å². The number of hydrogen-bond acceptors (Lipinski definition) is 5. The van der Waals surface area contributed by atoms with E-state index >= 15 is 0 Å². The molecule has 1 fully saturated rings. The number of nitrogens with zero attached hydrogens (tertiary/aromatic N) is 5. The number of aromatic nitrogens is 3. The fourth-order valence-electron chi connectivity index (χ4n) is 4.11. The number of aryl methyl sites for hydroxylation is 1. The van der Waals surface area contributed by atoms with Gasteiger partial charge in [0, 0.05) is 57.1 Å². The van der Waals surface area contributed by atoms with Crippen molar-refractivity contribution in [3.63, 3.8) is 0 Å². The Bertz CT molecular complexity index is 1220. The molecule has 1 saturated heterocycles. The van der Waals surface area contributed by atoms with Gasteiger partial charge in [0.05, 0.1) is 12.3 Å². The van der Waals surface area contributed by atoms with Gasteiger partial charge in [-0.1, -0.05) is 38.1 Å². The maximum atomic E-state index is 13.0. The Labute approximate surface area is 198 Å². The van der Waals surface area contributed by atoms with Crippen LogP contribution in [0, 0.1) is 0 Å². The van der Waals surface area contributed by atoms with Gasteiger partial charge in [-0.15, -0.1) is 0 Å². The SMILES string of the molecule is CCOC(=O)N1CCN(C(=O)CCn2ccn3nc(-c4ccc(C(C)C)cc4)cc3c2=O)CC1. The van der Waals surface area contributed by atoms with Crippen molar-refractivity contribution < 1.29 is 14.3 Å². The lowest BCUT2D eigenvalue weighted by molar-refractivity contribution is -0.133. The zero-order chi connectivity index (χ0) is 24.2. The number of piperazine rings is 1. The smallest absolute Gasteiger partial charge is 0.409 e. The van der Waals surface area contributed by atoms with E-state index in [0.29, 0.717) is 44.2 Å². The third-order valence-corrected chi connectivity index (χ3v) is 6.20. The van der Waals surface area contributed by atoms with Crippen LogP contribution in [0.1, 0.15) is 38.7 Å². The summed E-state index contributed by atoms with van der Waals surface area (Å²) in [6.07, 6.45) is 3.28. The van der Waals surface area contributed by atoms with Crippen molar-refractivity contribution in [1.82, 2.24) is 24.0 Å². The minimum absolute atomic E-state index is 0.0327. The summed E-state index contributed by atoms with van der Waals surface area (Å²) in [6.45, 7) is 8.52. The van der Waals surface area contributed by atoms with Crippen molar-refractivity contribution in [2.75, 3.05) is 32.8 Å². The largest absolute Gasteiger partial charge is 0.450 e. The van der Waals surface area contributed by atoms with Gasteiger partial charge in [-0.3, -0.25) is 9.59 Å². The topological polar surface area (TPSA) is 89.2 Å². The fourth-order valence-corrected chi connectivity index (χ4v) is 4.11. The summed E-state index contributed by atoms with van der Waals surface area (Å²) in [4.78, 5) is 40.8. The van der Waals surface area contributed by atoms with Crippen molar-refractivity contribution in [2.45, 2.75) is 39.7 Å². The second kappa shape index (κ2) is 10.1. The summed E-state index contributed by atoms with van der Waals surface area (Å²) in [6, 6.07) is 10.0. The molecule has 0 N–H and O–H groups in total. The molecule has 180 valence electrons. The molecule has 3 aromatic rings. The van der Waals surface area contributed by atoms with E-state index in [1.807, 2.05) is 12.1 Å². The normalized spacial score (nSPS) is 14.1. The van der Waals surface area contributed by atoms with Crippen LogP contribution in [0.2, 0.25) is 0 Å². The molecule has 0 saturated carbocycles. The van der Waals surface area contributed by atoms with Crippen LogP contribution in [-0.2, 0) is 16.1 Å². The van der Waals surface area contributed by atoms with Crippen LogP contribution in [0.3, 0.4) is 0 Å². The van der Waals surface area contributed by atoms with Gasteiger partial charge in [-0.05, 0) is 24.5 Å². The van der Waals surface area contributed by atoms with Gasteiger partial charge in [-0.2, -0.15) is 5.10 Å². The van der Waals surface area contributed by atoms with Gasteiger partial charge in [0.2, 0.25) is 5.91 Å². The standard InChI is InChI=1S/C25H31N5O4/c1-4-34-25(33)29-13-11-27(12-14-29)23(31)9-10-28-15-16-30-22(24(28)32)17-21(26-30)20-7-5-19(6-8-20)18(2)3/h5-8,15-18H,4,9-14H2,1-3H3. The molecule has 0 radical (unpaired) electrons. The molecule has 2 aromatic heterocycles. The molecule has 0 bridgehead atoms. The number of rotatable bonds is 6. The van der Waals surface area contributed by atoms with Crippen molar-refractivity contribution in [3.05, 3.63) is 58.6 Å². The number of carbonyl (C=O) groups excluding carboxylic acids is 2. The van der Waals surface area contributed by atoms with Crippen LogP contribution in [0.4, 0.5) is 4.79 Å². The first kappa shape index (κ1) is 23.5. The average molecular weight is 466 g/mol. The molecular weight excluding hydrogens is 434 g/mol. The van der Waals surface area contributed by atoms with Gasteiger partial charge >= 0.3 is 6.09 Å². The highest BCUT2D eigenvalue weighted by molar-refractivity contribution is 5.76. The number of amides is 2. The molecule has 1 aromatic carbocycles. The van der Waals surface area contributed by atoms with E-state index in [4.69, 9.17) is 4.74 Å². The predicted molar refractivity (Wildman–Crippen MR) is 129 cm³/mol. The van der Waals surface area contributed by atoms with Crippen molar-refractivity contribution in [3.8, 4) is 11.3 Å². The first-order valence-electron chi connectivity index (χ1n) is 11.8. The summed E-state index contributed by atoms with van der Waals surface area (Å²) >= 11 is 0. The molecule has 0 atom stereocenters. The van der Waals surface area contributed by atoms with E-state index in [2.05, 4.69) is 31.1 Å². The lowest BCUT2D eigenvalue weighted by Crippen LogP contribution is -2.50. The zero-order valence-electron chi connectivity index (χ0n) is 19.9. The summed E-state index contributed by atoms with van der Waals surface area (Å²) in [5, 5.41) is 4.55. The van der Waals surface area contributed by atoms with E-state index in [1.54, 1.807) is 44.3 Å². The van der Waals surface area contributed by atoms with E-state index < -0.39 is 0 Å². The quantitative estimate of drug-likeness (QED) is 0.558. The molecule has 34 heavy (non-hydrogen) atoms. The minimum atomic E-state index is -0.342. The van der Waals surface area contributed by atoms with E-state index in [-0.39, 0.29) is 30.5 Å². The second-order valence-electron chi connectivity index (χ2n) is 8.75. The lowest BCUT2D eigenvalue weighted by atomic mass is 10.0. The highest BCUT2D eigenvalue weighted by atomic mass is 16.6. The first-order chi connectivity index (χ1) is 16.4. The molecule has 0 spiro atoms. The van der Waals surface area contributed by atoms with Crippen LogP contribution in [0.25, 0.3) is 16.8 Å². The van der Waals surface area contributed by atoms with E-state index in [9.17, 15) is 14.4 Å². The predicted octanol–water partition coefficient (Wildman–Crippen LogP) is 2.98. The number of fused-ring (bicyclic) bond motifs is 1. The maximum absolute atomic E-state index is 13.0. The molecule has 3 heterocycles. The molecule has 1 aliphatic rings. The third kappa shape index (κ3) is 4.98. The summed E-state index contributed by atoms with van der Waals surface area (Å²) in [5.41, 5.74) is 3.24. The van der Waals surface area contributed by atoms with Gasteiger partial charge in [0.1, 0.15) is 5.52 Å². The Balaban J connectivity index is 1.40. The molecule has 0 aliphatic carbocycles. The molecule has 4 rings (SSSR count). The highest BCUT2D eigenvalue weighted by Crippen LogP contribution is 2.22. The lowest BCUT2D eigenvalue weighted by Gasteiger charge is -2.34. The Hall–Kier alpha value is -3.62. The Morgan fingerprint density at radius 2 is 1.71 bits per heavy atom. The second-order valence-corrected chi connectivity index (χ2v) is 8.75. The number of benzene rings is 1. The molecule has 1 aliphatic heterocycles. The van der Waals surface area contributed by atoms with Crippen molar-refractivity contribution in [2.24, 2.45) is 0 Å². The number of ether oxygens (including phenoxy) is 1. The Kier molecular flexibility index (Phi) is 7.00. The van der Waals surface area contributed by atoms with Gasteiger partial charge in [0.25, 0.3) is 5.56 Å². The highest BCUT2D eigenvalue weighted by Gasteiger charge is 2.24. The van der Waals surface area contributed by atoms with Gasteiger partial charge in [0.15, 0.2) is 0 Å². The van der Waals surface area contributed by atoms with Gasteiger partial charge < -0.3 is 19.1 Å². The van der Waals surface area contributed by atoms with Crippen molar-refractivity contribution in [1.29, 1.82) is 0 Å². The third-order valence-electron chi connectivity index (χ3n) is 6.20. The van der Waals surface area contributed by atoms with Crippen LogP contribution < -0.4 is 5.56 Å².